The molecule has 2 aromatic rings. The van der Waals surface area contributed by atoms with Crippen LogP contribution in [-0.2, 0) is 19.6 Å². The van der Waals surface area contributed by atoms with Gasteiger partial charge in [0.1, 0.15) is 13.2 Å². The zero-order chi connectivity index (χ0) is 25.5. The highest BCUT2D eigenvalue weighted by Gasteiger charge is 2.22. The van der Waals surface area contributed by atoms with Gasteiger partial charge in [-0.25, -0.2) is 8.42 Å². The Morgan fingerprint density at radius 1 is 1.06 bits per heavy atom. The molecule has 0 spiro atoms. The van der Waals surface area contributed by atoms with Gasteiger partial charge in [-0.05, 0) is 43.5 Å². The van der Waals surface area contributed by atoms with Gasteiger partial charge >= 0.3 is 0 Å². The molecule has 0 bridgehead atoms. The summed E-state index contributed by atoms with van der Waals surface area (Å²) in [4.78, 5) is 25.3. The monoisotopic (exact) mass is 517 g/mol. The van der Waals surface area contributed by atoms with Gasteiger partial charge in [0.25, 0.3) is 5.91 Å². The zero-order valence-corrected chi connectivity index (χ0v) is 21.0. The maximum Gasteiger partial charge on any atom is 0.253 e. The van der Waals surface area contributed by atoms with Crippen molar-refractivity contribution in [2.45, 2.75) is 31.8 Å². The number of para-hydroxylation sites is 1. The van der Waals surface area contributed by atoms with Crippen LogP contribution < -0.4 is 24.4 Å². The molecule has 2 aromatic carbocycles. The first-order valence-electron chi connectivity index (χ1n) is 12.0. The van der Waals surface area contributed by atoms with Gasteiger partial charge < -0.3 is 24.8 Å². The fourth-order valence-electron chi connectivity index (χ4n) is 4.17. The first kappa shape index (κ1) is 25.8. The molecule has 2 aliphatic heterocycles. The number of carbonyl (C=O) groups is 2. The van der Waals surface area contributed by atoms with Crippen molar-refractivity contribution < 1.29 is 32.2 Å². The highest BCUT2D eigenvalue weighted by Crippen LogP contribution is 2.34. The third-order valence-electron chi connectivity index (χ3n) is 5.94. The number of nitrogens with zero attached hydrogens (tertiary/aromatic N) is 1. The number of nitrogens with one attached hydrogen (secondary N) is 2. The quantitative estimate of drug-likeness (QED) is 0.496. The number of rotatable bonds is 10. The van der Waals surface area contributed by atoms with E-state index in [-0.39, 0.29) is 37.3 Å². The average molecular weight is 518 g/mol. The van der Waals surface area contributed by atoms with Crippen molar-refractivity contribution in [2.75, 3.05) is 48.8 Å². The van der Waals surface area contributed by atoms with Gasteiger partial charge in [-0.2, -0.15) is 0 Å². The van der Waals surface area contributed by atoms with Crippen LogP contribution in [-0.4, -0.2) is 65.5 Å². The molecule has 0 radical (unpaired) electrons. The van der Waals surface area contributed by atoms with Gasteiger partial charge in [0.05, 0.1) is 29.3 Å². The summed E-state index contributed by atoms with van der Waals surface area (Å²) in [6.45, 7) is 2.07. The van der Waals surface area contributed by atoms with Crippen molar-refractivity contribution in [2.24, 2.45) is 0 Å². The number of carbonyl (C=O) groups excluding carboxylic acids is 2. The van der Waals surface area contributed by atoms with Crippen LogP contribution in [0.3, 0.4) is 0 Å². The van der Waals surface area contributed by atoms with E-state index >= 15 is 0 Å². The van der Waals surface area contributed by atoms with Crippen molar-refractivity contribution >= 4 is 33.2 Å². The van der Waals surface area contributed by atoms with Crippen LogP contribution in [0.5, 0.6) is 11.5 Å². The number of benzene rings is 2. The van der Waals surface area contributed by atoms with Crippen molar-refractivity contribution in [3.63, 3.8) is 0 Å². The third kappa shape index (κ3) is 6.67. The van der Waals surface area contributed by atoms with Crippen molar-refractivity contribution in [1.29, 1.82) is 0 Å². The molecule has 1 atom stereocenters. The maximum absolute atomic E-state index is 12.7. The number of amides is 2. The summed E-state index contributed by atoms with van der Waals surface area (Å²) < 4.78 is 42.7. The Labute approximate surface area is 211 Å². The van der Waals surface area contributed by atoms with Gasteiger partial charge in [-0.15, -0.1) is 0 Å². The molecule has 2 amide bonds. The number of ether oxygens (including phenoxy) is 3. The van der Waals surface area contributed by atoms with Crippen molar-refractivity contribution in [3.8, 4) is 11.5 Å². The molecular formula is C25H31N3O7S. The minimum absolute atomic E-state index is 0.0164. The van der Waals surface area contributed by atoms with E-state index in [4.69, 9.17) is 14.2 Å². The molecular weight excluding hydrogens is 486 g/mol. The molecule has 2 aliphatic rings. The molecule has 10 nitrogen and oxygen atoms in total. The lowest BCUT2D eigenvalue weighted by Gasteiger charge is -2.25. The van der Waals surface area contributed by atoms with Crippen LogP contribution in [0.2, 0.25) is 0 Å². The fraction of sp³-hybridized carbons (Fsp3) is 0.440. The van der Waals surface area contributed by atoms with E-state index in [0.29, 0.717) is 54.8 Å². The number of sulfonamides is 1. The molecule has 194 valence electrons. The topological polar surface area (TPSA) is 123 Å². The van der Waals surface area contributed by atoms with Crippen LogP contribution >= 0.6 is 0 Å². The zero-order valence-electron chi connectivity index (χ0n) is 20.2. The standard InChI is InChI=1S/C25H31N3O7S/c1-36(31,32)28(18-10-11-22-23(16-18)35-15-14-34-22)12-4-9-24(29)27-21-8-3-2-7-20(21)25(30)26-17-19-6-5-13-33-19/h2-3,7-8,10-11,16,19H,4-6,9,12-15,17H2,1H3,(H,26,30)(H,27,29)/t19-/m1/s1. The van der Waals surface area contributed by atoms with Gasteiger partial charge in [-0.1, -0.05) is 12.1 Å². The predicted molar refractivity (Wildman–Crippen MR) is 135 cm³/mol. The number of fused-ring (bicyclic) bond motifs is 1. The molecule has 1 fully saturated rings. The van der Waals surface area contributed by atoms with Gasteiger partial charge in [0.15, 0.2) is 11.5 Å². The van der Waals surface area contributed by atoms with Crippen molar-refractivity contribution in [1.82, 2.24) is 5.32 Å². The number of hydrogen-bond donors (Lipinski definition) is 2. The molecule has 1 saturated heterocycles. The summed E-state index contributed by atoms with van der Waals surface area (Å²) in [5.74, 6) is 0.448. The lowest BCUT2D eigenvalue weighted by molar-refractivity contribution is -0.116. The molecule has 0 aromatic heterocycles. The molecule has 11 heteroatoms. The minimum Gasteiger partial charge on any atom is -0.486 e. The maximum atomic E-state index is 12.7. The normalized spacial score (nSPS) is 16.9. The summed E-state index contributed by atoms with van der Waals surface area (Å²) >= 11 is 0. The lowest BCUT2D eigenvalue weighted by atomic mass is 10.1. The summed E-state index contributed by atoms with van der Waals surface area (Å²) in [5.41, 5.74) is 1.20. The SMILES string of the molecule is CS(=O)(=O)N(CCCC(=O)Nc1ccccc1C(=O)NC[C@H]1CCCO1)c1ccc2c(c1)OCCO2. The molecule has 0 unspecified atom stereocenters. The Kier molecular flexibility index (Phi) is 8.32. The number of hydrogen-bond acceptors (Lipinski definition) is 7. The van der Waals surface area contributed by atoms with E-state index in [9.17, 15) is 18.0 Å². The van der Waals surface area contributed by atoms with Crippen LogP contribution in [0.15, 0.2) is 42.5 Å². The van der Waals surface area contributed by atoms with Crippen LogP contribution in [0.25, 0.3) is 0 Å². The fourth-order valence-corrected chi connectivity index (χ4v) is 5.12. The minimum atomic E-state index is -3.59. The summed E-state index contributed by atoms with van der Waals surface area (Å²) in [6, 6.07) is 11.7. The first-order valence-corrected chi connectivity index (χ1v) is 13.8. The van der Waals surface area contributed by atoms with Crippen molar-refractivity contribution in [3.05, 3.63) is 48.0 Å². The Morgan fingerprint density at radius 2 is 1.83 bits per heavy atom. The summed E-state index contributed by atoms with van der Waals surface area (Å²) in [6.07, 6.45) is 3.38. The van der Waals surface area contributed by atoms with Gasteiger partial charge in [-0.3, -0.25) is 13.9 Å². The van der Waals surface area contributed by atoms with E-state index in [2.05, 4.69) is 10.6 Å². The molecule has 4 rings (SSSR count). The molecule has 2 N–H and O–H groups in total. The first-order chi connectivity index (χ1) is 17.3. The Hall–Kier alpha value is -3.31. The van der Waals surface area contributed by atoms with Crippen LogP contribution in [0, 0.1) is 0 Å². The third-order valence-corrected chi connectivity index (χ3v) is 7.13. The molecule has 0 aliphatic carbocycles. The summed E-state index contributed by atoms with van der Waals surface area (Å²) in [5, 5.41) is 5.64. The Morgan fingerprint density at radius 3 is 2.58 bits per heavy atom. The van der Waals surface area contributed by atoms with Crippen LogP contribution in [0.4, 0.5) is 11.4 Å². The lowest BCUT2D eigenvalue weighted by Crippen LogP contribution is -2.32. The van der Waals surface area contributed by atoms with E-state index in [0.717, 1.165) is 19.1 Å². The Balaban J connectivity index is 1.34. The Bertz CT molecular complexity index is 1200. The van der Waals surface area contributed by atoms with Crippen LogP contribution in [0.1, 0.15) is 36.0 Å². The molecule has 2 heterocycles. The van der Waals surface area contributed by atoms with E-state index in [1.165, 1.54) is 4.31 Å². The van der Waals surface area contributed by atoms with Gasteiger partial charge in [0, 0.05) is 32.2 Å². The number of anilines is 2. The van der Waals surface area contributed by atoms with E-state index in [1.807, 2.05) is 0 Å². The average Bonchev–Trinajstić information content (AvgIpc) is 3.38. The smallest absolute Gasteiger partial charge is 0.253 e. The highest BCUT2D eigenvalue weighted by atomic mass is 32.2. The summed E-state index contributed by atoms with van der Waals surface area (Å²) in [7, 11) is -3.59. The van der Waals surface area contributed by atoms with Gasteiger partial charge in [0.2, 0.25) is 15.9 Å². The van der Waals surface area contributed by atoms with E-state index < -0.39 is 10.0 Å². The second-order valence-corrected chi connectivity index (χ2v) is 10.6. The molecule has 36 heavy (non-hydrogen) atoms. The highest BCUT2D eigenvalue weighted by molar-refractivity contribution is 7.92. The second kappa shape index (κ2) is 11.6. The van der Waals surface area contributed by atoms with E-state index in [1.54, 1.807) is 42.5 Å². The molecule has 0 saturated carbocycles. The second-order valence-electron chi connectivity index (χ2n) is 8.71. The largest absolute Gasteiger partial charge is 0.486 e. The predicted octanol–water partition coefficient (Wildman–Crippen LogP) is 2.55.